The number of hydrogen-bond donors (Lipinski definition) is 1. The van der Waals surface area contributed by atoms with Crippen molar-refractivity contribution in [2.75, 3.05) is 12.4 Å². The van der Waals surface area contributed by atoms with Crippen LogP contribution in [0, 0.1) is 29.1 Å². The lowest BCUT2D eigenvalue weighted by Crippen LogP contribution is -2.40. The third kappa shape index (κ3) is 7.41. The highest BCUT2D eigenvalue weighted by molar-refractivity contribution is 7.99. The second-order valence-corrected chi connectivity index (χ2v) is 10.8. The monoisotopic (exact) mass is 399 g/mol. The minimum Gasteiger partial charge on any atom is -0.465 e. The number of carbonyl (C=O) groups is 2. The molecule has 0 amide bonds. The Hall–Kier alpha value is -0.550. The zero-order valence-electron chi connectivity index (χ0n) is 18.4. The molecule has 5 unspecified atom stereocenters. The van der Waals surface area contributed by atoms with Crippen molar-refractivity contribution in [1.29, 1.82) is 0 Å². The second kappa shape index (κ2) is 10.8. The molecule has 0 spiro atoms. The molecule has 0 aromatic heterocycles. The molecule has 158 valence electrons. The normalized spacial score (nSPS) is 30.7. The number of rotatable bonds is 8. The van der Waals surface area contributed by atoms with Gasteiger partial charge in [-0.05, 0) is 42.9 Å². The summed E-state index contributed by atoms with van der Waals surface area (Å²) >= 11 is 1.60. The fourth-order valence-corrected chi connectivity index (χ4v) is 5.51. The van der Waals surface area contributed by atoms with Crippen molar-refractivity contribution < 1.29 is 14.3 Å². The standard InChI is InChI=1S/C22H41NO3S/c1-8-26-21(25)18(23)13-27-16(4)11-19(24)20-15(3)10-9-14(2)12-22(6,7)17(20)5/h14-18,20H,8-13,23H2,1-7H3/t14?,15?,16?,17-,18?,20?/m0/s1. The van der Waals surface area contributed by atoms with Crippen molar-refractivity contribution in [3.8, 4) is 0 Å². The van der Waals surface area contributed by atoms with Crippen LogP contribution in [0.4, 0.5) is 0 Å². The van der Waals surface area contributed by atoms with E-state index in [1.807, 2.05) is 0 Å². The van der Waals surface area contributed by atoms with E-state index < -0.39 is 6.04 Å². The lowest BCUT2D eigenvalue weighted by Gasteiger charge is -2.43. The molecule has 1 fully saturated rings. The maximum atomic E-state index is 13.2. The predicted octanol–water partition coefficient (Wildman–Crippen LogP) is 4.69. The number of Topliss-reactive ketones (excluding diaryl/α,β-unsaturated/α-hetero) is 1. The molecule has 1 aliphatic carbocycles. The van der Waals surface area contributed by atoms with Crippen LogP contribution in [-0.2, 0) is 14.3 Å². The highest BCUT2D eigenvalue weighted by atomic mass is 32.2. The Labute approximate surface area is 170 Å². The first-order valence-corrected chi connectivity index (χ1v) is 11.6. The van der Waals surface area contributed by atoms with Gasteiger partial charge in [0.25, 0.3) is 0 Å². The van der Waals surface area contributed by atoms with Crippen molar-refractivity contribution >= 4 is 23.5 Å². The number of esters is 1. The highest BCUT2D eigenvalue weighted by Crippen LogP contribution is 2.45. The van der Waals surface area contributed by atoms with Gasteiger partial charge in [-0.2, -0.15) is 11.8 Å². The summed E-state index contributed by atoms with van der Waals surface area (Å²) in [5.74, 6) is 2.15. The molecule has 0 aliphatic heterocycles. The maximum absolute atomic E-state index is 13.2. The number of carbonyl (C=O) groups excluding carboxylic acids is 2. The largest absolute Gasteiger partial charge is 0.465 e. The van der Waals surface area contributed by atoms with Gasteiger partial charge in [0.15, 0.2) is 0 Å². The third-order valence-corrected chi connectivity index (χ3v) is 7.67. The Morgan fingerprint density at radius 3 is 2.44 bits per heavy atom. The zero-order chi connectivity index (χ0) is 20.8. The van der Waals surface area contributed by atoms with Gasteiger partial charge in [0, 0.05) is 23.3 Å². The average Bonchev–Trinajstić information content (AvgIpc) is 2.57. The number of nitrogens with two attached hydrogens (primary N) is 1. The summed E-state index contributed by atoms with van der Waals surface area (Å²) in [7, 11) is 0. The Kier molecular flexibility index (Phi) is 9.84. The first-order chi connectivity index (χ1) is 12.5. The lowest BCUT2D eigenvalue weighted by molar-refractivity contribution is -0.144. The molecule has 0 bridgehead atoms. The average molecular weight is 400 g/mol. The molecule has 6 atom stereocenters. The SMILES string of the molecule is CCOC(=O)C(N)CSC(C)CC(=O)C1C(C)CCC(C)CC(C)(C)[C@H]1C. The third-order valence-electron chi connectivity index (χ3n) is 6.38. The summed E-state index contributed by atoms with van der Waals surface area (Å²) in [6.45, 7) is 15.7. The summed E-state index contributed by atoms with van der Waals surface area (Å²) in [4.78, 5) is 24.9. The zero-order valence-corrected chi connectivity index (χ0v) is 19.2. The molecule has 1 saturated carbocycles. The Bertz CT molecular complexity index is 494. The van der Waals surface area contributed by atoms with Crippen LogP contribution >= 0.6 is 11.8 Å². The van der Waals surface area contributed by atoms with Crippen LogP contribution in [0.2, 0.25) is 0 Å². The molecule has 5 heteroatoms. The molecule has 0 aromatic rings. The van der Waals surface area contributed by atoms with Crippen LogP contribution < -0.4 is 5.73 Å². The lowest BCUT2D eigenvalue weighted by atomic mass is 9.61. The van der Waals surface area contributed by atoms with Crippen LogP contribution in [0.25, 0.3) is 0 Å². The number of ether oxygens (including phenoxy) is 1. The first-order valence-electron chi connectivity index (χ1n) is 10.6. The summed E-state index contributed by atoms with van der Waals surface area (Å²) < 4.78 is 4.95. The van der Waals surface area contributed by atoms with E-state index >= 15 is 0 Å². The molecule has 0 heterocycles. The van der Waals surface area contributed by atoms with E-state index in [9.17, 15) is 9.59 Å². The molecule has 1 rings (SSSR count). The van der Waals surface area contributed by atoms with Crippen molar-refractivity contribution in [3.63, 3.8) is 0 Å². The molecule has 0 aromatic carbocycles. The molecule has 4 nitrogen and oxygen atoms in total. The van der Waals surface area contributed by atoms with E-state index in [1.54, 1.807) is 18.7 Å². The summed E-state index contributed by atoms with van der Waals surface area (Å²) in [5.41, 5.74) is 6.05. The van der Waals surface area contributed by atoms with E-state index in [-0.39, 0.29) is 22.6 Å². The Morgan fingerprint density at radius 2 is 1.85 bits per heavy atom. The van der Waals surface area contributed by atoms with Crippen LogP contribution in [0.1, 0.15) is 74.1 Å². The molecule has 0 radical (unpaired) electrons. The van der Waals surface area contributed by atoms with Gasteiger partial charge < -0.3 is 10.5 Å². The van der Waals surface area contributed by atoms with Gasteiger partial charge >= 0.3 is 5.97 Å². The molecule has 0 saturated heterocycles. The van der Waals surface area contributed by atoms with Crippen LogP contribution in [-0.4, -0.2) is 35.4 Å². The van der Waals surface area contributed by atoms with Gasteiger partial charge in [-0.1, -0.05) is 48.0 Å². The van der Waals surface area contributed by atoms with Gasteiger partial charge in [0.05, 0.1) is 6.61 Å². The van der Waals surface area contributed by atoms with E-state index in [4.69, 9.17) is 10.5 Å². The summed E-state index contributed by atoms with van der Waals surface area (Å²) in [5, 5.41) is 0.157. The van der Waals surface area contributed by atoms with Gasteiger partial charge in [-0.15, -0.1) is 0 Å². The minimum absolute atomic E-state index is 0.120. The number of hydrogen-bond acceptors (Lipinski definition) is 5. The first kappa shape index (κ1) is 24.5. The predicted molar refractivity (Wildman–Crippen MR) is 115 cm³/mol. The van der Waals surface area contributed by atoms with Crippen molar-refractivity contribution in [2.24, 2.45) is 34.8 Å². The van der Waals surface area contributed by atoms with E-state index in [1.165, 1.54) is 12.8 Å². The minimum atomic E-state index is -0.618. The topological polar surface area (TPSA) is 69.4 Å². The second-order valence-electron chi connectivity index (χ2n) is 9.34. The Morgan fingerprint density at radius 1 is 1.22 bits per heavy atom. The van der Waals surface area contributed by atoms with Crippen LogP contribution in [0.3, 0.4) is 0 Å². The van der Waals surface area contributed by atoms with Crippen LogP contribution in [0.15, 0.2) is 0 Å². The quantitative estimate of drug-likeness (QED) is 0.600. The Balaban J connectivity index is 2.68. The van der Waals surface area contributed by atoms with Crippen molar-refractivity contribution in [1.82, 2.24) is 0 Å². The maximum Gasteiger partial charge on any atom is 0.323 e. The fourth-order valence-electron chi connectivity index (χ4n) is 4.55. The summed E-state index contributed by atoms with van der Waals surface area (Å²) in [6.07, 6.45) is 4.07. The summed E-state index contributed by atoms with van der Waals surface area (Å²) in [6, 6.07) is -0.618. The molecule has 1 aliphatic rings. The number of thioether (sulfide) groups is 1. The highest BCUT2D eigenvalue weighted by Gasteiger charge is 2.41. The van der Waals surface area contributed by atoms with Crippen molar-refractivity contribution in [3.05, 3.63) is 0 Å². The van der Waals surface area contributed by atoms with Crippen LogP contribution in [0.5, 0.6) is 0 Å². The molecular formula is C22H41NO3S. The van der Waals surface area contributed by atoms with Gasteiger partial charge in [0.1, 0.15) is 11.8 Å². The van der Waals surface area contributed by atoms with Gasteiger partial charge in [0.2, 0.25) is 0 Å². The van der Waals surface area contributed by atoms with E-state index in [0.29, 0.717) is 36.4 Å². The number of ketones is 1. The smallest absolute Gasteiger partial charge is 0.323 e. The molecule has 2 N–H and O–H groups in total. The molecule has 27 heavy (non-hydrogen) atoms. The van der Waals surface area contributed by atoms with E-state index in [2.05, 4.69) is 41.5 Å². The van der Waals surface area contributed by atoms with Crippen molar-refractivity contribution in [2.45, 2.75) is 85.4 Å². The van der Waals surface area contributed by atoms with Gasteiger partial charge in [-0.25, -0.2) is 0 Å². The molecular weight excluding hydrogens is 358 g/mol. The fraction of sp³-hybridized carbons (Fsp3) is 0.909. The van der Waals surface area contributed by atoms with Gasteiger partial charge in [-0.3, -0.25) is 9.59 Å². The van der Waals surface area contributed by atoms with E-state index in [0.717, 1.165) is 12.3 Å².